The zero-order valence-corrected chi connectivity index (χ0v) is 38.8. The van der Waals surface area contributed by atoms with Crippen molar-refractivity contribution < 1.29 is 0 Å². The van der Waals surface area contributed by atoms with Gasteiger partial charge in [-0.2, -0.15) is 5.26 Å². The van der Waals surface area contributed by atoms with Crippen molar-refractivity contribution in [3.63, 3.8) is 0 Å². The monoisotopic (exact) mass is 916 g/mol. The first kappa shape index (κ1) is 42.2. The third kappa shape index (κ3) is 7.35. The minimum absolute atomic E-state index is 0.00689. The van der Waals surface area contributed by atoms with Gasteiger partial charge in [-0.25, -0.2) is 24.8 Å². The van der Waals surface area contributed by atoms with Gasteiger partial charge < -0.3 is 0 Å². The standard InChI is InChI=1S/C66H40N6/c1-68-48-32-28-43(29-33-48)50-19-9-11-21-52(50)62-39-60(45-16-6-3-7-17-45)70-66(72-62)47-31-35-56-58(37-47)64-54-23-13-12-22-53(54)63(56)57-36-46(30-34-55(57)64)65-69-59(44-14-4-2-5-15-44)38-61(71-65)51-20-10-8-18-49(51)42-26-24-41(40-67)25-27-42/h2-39,63-64H. The van der Waals surface area contributed by atoms with Crippen LogP contribution in [0.25, 0.3) is 94.9 Å². The van der Waals surface area contributed by atoms with Crippen LogP contribution in [0.1, 0.15) is 50.8 Å². The first-order valence-corrected chi connectivity index (χ1v) is 24.0. The Kier molecular flexibility index (Phi) is 10.3. The summed E-state index contributed by atoms with van der Waals surface area (Å²) in [4.78, 5) is 24.9. The van der Waals surface area contributed by atoms with Gasteiger partial charge in [-0.1, -0.05) is 194 Å². The minimum Gasteiger partial charge on any atom is -0.238 e. The van der Waals surface area contributed by atoms with E-state index >= 15 is 0 Å². The Hall–Kier alpha value is -9.88. The van der Waals surface area contributed by atoms with Gasteiger partial charge in [-0.15, -0.1) is 0 Å². The zero-order chi connectivity index (χ0) is 48.1. The second-order valence-electron chi connectivity index (χ2n) is 18.3. The fraction of sp³-hybridized carbons (Fsp3) is 0.0303. The van der Waals surface area contributed by atoms with Crippen molar-refractivity contribution >= 4 is 5.69 Å². The molecule has 2 bridgehead atoms. The van der Waals surface area contributed by atoms with Crippen LogP contribution in [0.2, 0.25) is 0 Å². The molecule has 2 heterocycles. The summed E-state index contributed by atoms with van der Waals surface area (Å²) in [5.41, 5.74) is 22.3. The molecule has 2 aromatic heterocycles. The highest BCUT2D eigenvalue weighted by Crippen LogP contribution is 2.57. The van der Waals surface area contributed by atoms with Crippen LogP contribution < -0.4 is 0 Å². The van der Waals surface area contributed by atoms with Gasteiger partial charge in [0, 0.05) is 45.2 Å². The van der Waals surface area contributed by atoms with E-state index in [1.807, 2.05) is 103 Å². The SMILES string of the molecule is [C-]#[N+]c1ccc(-c2ccccc2-c2cc(-c3ccccc3)nc(-c3ccc4c(c3)C3c5ccccc5C4c4cc(-c5nc(-c6ccccc6)cc(-c6ccccc6-c6ccc(C#N)cc6)n5)ccc43)n2)cc1. The van der Waals surface area contributed by atoms with Crippen molar-refractivity contribution in [2.75, 3.05) is 0 Å². The molecule has 0 fully saturated rings. The van der Waals surface area contributed by atoms with Crippen LogP contribution in [0.4, 0.5) is 5.69 Å². The van der Waals surface area contributed by atoms with E-state index in [2.05, 4.69) is 138 Å². The molecular formula is C66H40N6. The summed E-state index contributed by atoms with van der Waals surface area (Å²) in [6, 6.07) is 81.7. The van der Waals surface area contributed by atoms with Gasteiger partial charge in [-0.3, -0.25) is 0 Å². The summed E-state index contributed by atoms with van der Waals surface area (Å²) < 4.78 is 0. The third-order valence-electron chi connectivity index (χ3n) is 14.2. The van der Waals surface area contributed by atoms with Crippen molar-refractivity contribution in [1.29, 1.82) is 5.26 Å². The number of benzene rings is 9. The molecule has 3 aliphatic rings. The van der Waals surface area contributed by atoms with Crippen LogP contribution in [-0.2, 0) is 0 Å². The maximum absolute atomic E-state index is 9.52. The van der Waals surface area contributed by atoms with E-state index in [9.17, 15) is 5.26 Å². The number of rotatable bonds is 8. The predicted molar refractivity (Wildman–Crippen MR) is 287 cm³/mol. The van der Waals surface area contributed by atoms with Gasteiger partial charge in [0.15, 0.2) is 17.3 Å². The topological polar surface area (TPSA) is 79.7 Å². The second-order valence-corrected chi connectivity index (χ2v) is 18.3. The molecule has 0 saturated carbocycles. The Morgan fingerprint density at radius 3 is 1.15 bits per heavy atom. The number of nitriles is 1. The Bertz CT molecular complexity index is 3740. The molecule has 0 saturated heterocycles. The lowest BCUT2D eigenvalue weighted by molar-refractivity contribution is 0.754. The highest BCUT2D eigenvalue weighted by atomic mass is 14.9. The third-order valence-corrected chi connectivity index (χ3v) is 14.2. The van der Waals surface area contributed by atoms with E-state index < -0.39 is 0 Å². The second kappa shape index (κ2) is 17.6. The van der Waals surface area contributed by atoms with Crippen LogP contribution >= 0.6 is 0 Å². The van der Waals surface area contributed by atoms with Crippen molar-refractivity contribution in [1.82, 2.24) is 19.9 Å². The fourth-order valence-corrected chi connectivity index (χ4v) is 10.8. The molecule has 2 unspecified atom stereocenters. The first-order valence-electron chi connectivity index (χ1n) is 24.0. The molecule has 3 aliphatic carbocycles. The lowest BCUT2D eigenvalue weighted by Crippen LogP contribution is -2.27. The largest absolute Gasteiger partial charge is 0.238 e. The number of hydrogen-bond acceptors (Lipinski definition) is 5. The summed E-state index contributed by atoms with van der Waals surface area (Å²) in [5.74, 6) is 1.30. The van der Waals surface area contributed by atoms with E-state index in [1.165, 1.54) is 33.4 Å². The van der Waals surface area contributed by atoms with Gasteiger partial charge in [-0.05, 0) is 92.0 Å². The van der Waals surface area contributed by atoms with Crippen LogP contribution in [0.15, 0.2) is 231 Å². The molecular weight excluding hydrogens is 877 g/mol. The number of aromatic nitrogens is 4. The van der Waals surface area contributed by atoms with Crippen LogP contribution in [0, 0.1) is 17.9 Å². The summed E-state index contributed by atoms with van der Waals surface area (Å²) in [6.45, 7) is 7.50. The smallest absolute Gasteiger partial charge is 0.187 e. The van der Waals surface area contributed by atoms with E-state index in [1.54, 1.807) is 0 Å². The van der Waals surface area contributed by atoms with Gasteiger partial charge in [0.05, 0.1) is 41.0 Å². The molecule has 0 radical (unpaired) electrons. The van der Waals surface area contributed by atoms with Crippen LogP contribution in [0.5, 0.6) is 0 Å². The Morgan fingerprint density at radius 2 is 0.708 bits per heavy atom. The molecule has 2 atom stereocenters. The zero-order valence-electron chi connectivity index (χ0n) is 38.8. The summed E-state index contributed by atoms with van der Waals surface area (Å²) >= 11 is 0. The Labute approximate surface area is 417 Å². The average molecular weight is 917 g/mol. The van der Waals surface area contributed by atoms with E-state index in [-0.39, 0.29) is 11.8 Å². The number of nitrogens with zero attached hydrogens (tertiary/aromatic N) is 6. The predicted octanol–water partition coefficient (Wildman–Crippen LogP) is 16.0. The first-order chi connectivity index (χ1) is 35.6. The number of hydrogen-bond donors (Lipinski definition) is 0. The molecule has 0 spiro atoms. The van der Waals surface area contributed by atoms with Crippen molar-refractivity contribution in [2.24, 2.45) is 0 Å². The maximum atomic E-state index is 9.52. The van der Waals surface area contributed by atoms with Gasteiger partial charge in [0.2, 0.25) is 0 Å². The summed E-state index contributed by atoms with van der Waals surface area (Å²) in [5, 5.41) is 9.52. The average Bonchev–Trinajstić information content (AvgIpc) is 3.47. The lowest BCUT2D eigenvalue weighted by Gasteiger charge is -2.42. The van der Waals surface area contributed by atoms with Crippen molar-refractivity contribution in [3.05, 3.63) is 281 Å². The quantitative estimate of drug-likeness (QED) is 0.142. The molecule has 0 amide bonds. The Morgan fingerprint density at radius 1 is 0.333 bits per heavy atom. The molecule has 6 heteroatoms. The molecule has 14 rings (SSSR count). The van der Waals surface area contributed by atoms with Crippen LogP contribution in [-0.4, -0.2) is 19.9 Å². The van der Waals surface area contributed by atoms with E-state index in [0.29, 0.717) is 22.9 Å². The van der Waals surface area contributed by atoms with Crippen LogP contribution in [0.3, 0.4) is 0 Å². The normalized spacial score (nSPS) is 13.8. The summed E-state index contributed by atoms with van der Waals surface area (Å²) in [6.07, 6.45) is 0. The lowest BCUT2D eigenvalue weighted by atomic mass is 9.61. The van der Waals surface area contributed by atoms with Gasteiger partial charge in [0.25, 0.3) is 0 Å². The molecule has 6 nitrogen and oxygen atoms in total. The van der Waals surface area contributed by atoms with E-state index in [4.69, 9.17) is 26.5 Å². The van der Waals surface area contributed by atoms with Crippen molar-refractivity contribution in [3.8, 4) is 96.1 Å². The fourth-order valence-electron chi connectivity index (χ4n) is 10.8. The maximum Gasteiger partial charge on any atom is 0.187 e. The van der Waals surface area contributed by atoms with Gasteiger partial charge in [0.1, 0.15) is 0 Å². The highest BCUT2D eigenvalue weighted by Gasteiger charge is 2.41. The molecule has 9 aromatic carbocycles. The molecule has 334 valence electrons. The Balaban J connectivity index is 0.932. The highest BCUT2D eigenvalue weighted by molar-refractivity contribution is 5.86. The molecule has 11 aromatic rings. The summed E-state index contributed by atoms with van der Waals surface area (Å²) in [7, 11) is 0. The molecule has 72 heavy (non-hydrogen) atoms. The minimum atomic E-state index is -0.00710. The molecule has 0 aliphatic heterocycles. The van der Waals surface area contributed by atoms with Crippen molar-refractivity contribution in [2.45, 2.75) is 11.8 Å². The van der Waals surface area contributed by atoms with E-state index in [0.717, 1.165) is 78.4 Å². The van der Waals surface area contributed by atoms with Gasteiger partial charge >= 0.3 is 0 Å². The molecule has 0 N–H and O–H groups in total.